The molecule has 0 aliphatic heterocycles. The van der Waals surface area contributed by atoms with E-state index >= 15 is 0 Å². The van der Waals surface area contributed by atoms with Crippen molar-refractivity contribution in [1.82, 2.24) is 10.0 Å². The van der Waals surface area contributed by atoms with Crippen LogP contribution in [0.5, 0.6) is 0 Å². The van der Waals surface area contributed by atoms with Gasteiger partial charge in [-0.25, -0.2) is 12.8 Å². The third kappa shape index (κ3) is 5.23. The summed E-state index contributed by atoms with van der Waals surface area (Å²) in [7, 11) is -4.16. The normalized spacial score (nSPS) is 22.6. The smallest absolute Gasteiger partial charge is 0.244 e. The fourth-order valence-corrected chi connectivity index (χ4v) is 4.32. The van der Waals surface area contributed by atoms with Crippen LogP contribution in [-0.2, 0) is 14.8 Å². The molecule has 0 spiro atoms. The Kier molecular flexibility index (Phi) is 6.53. The predicted molar refractivity (Wildman–Crippen MR) is 91.8 cm³/mol. The number of benzene rings is 1. The van der Waals surface area contributed by atoms with Crippen molar-refractivity contribution >= 4 is 15.9 Å². The van der Waals surface area contributed by atoms with E-state index in [1.54, 1.807) is 13.8 Å². The van der Waals surface area contributed by atoms with Crippen LogP contribution in [0.2, 0.25) is 0 Å². The Morgan fingerprint density at radius 2 is 1.80 bits per heavy atom. The van der Waals surface area contributed by atoms with Gasteiger partial charge in [0, 0.05) is 6.04 Å². The van der Waals surface area contributed by atoms with Crippen molar-refractivity contribution in [2.24, 2.45) is 5.92 Å². The van der Waals surface area contributed by atoms with Crippen LogP contribution in [0, 0.1) is 11.7 Å². The fourth-order valence-electron chi connectivity index (χ4n) is 2.90. The molecule has 0 bridgehead atoms. The zero-order chi connectivity index (χ0) is 18.6. The maximum Gasteiger partial charge on any atom is 0.244 e. The molecule has 140 valence electrons. The van der Waals surface area contributed by atoms with Gasteiger partial charge in [-0.3, -0.25) is 4.79 Å². The Morgan fingerprint density at radius 1 is 1.20 bits per heavy atom. The summed E-state index contributed by atoms with van der Waals surface area (Å²) in [5.41, 5.74) is 0. The number of nitrogens with one attached hydrogen (secondary N) is 2. The van der Waals surface area contributed by atoms with Crippen molar-refractivity contribution in [2.75, 3.05) is 0 Å². The number of halogens is 1. The average Bonchev–Trinajstić information content (AvgIpc) is 2.54. The van der Waals surface area contributed by atoms with Crippen LogP contribution >= 0.6 is 0 Å². The molecule has 2 rings (SSSR count). The maximum absolute atomic E-state index is 13.8. The molecule has 0 radical (unpaired) electrons. The van der Waals surface area contributed by atoms with E-state index in [-0.39, 0.29) is 18.1 Å². The van der Waals surface area contributed by atoms with Crippen molar-refractivity contribution in [1.29, 1.82) is 0 Å². The summed E-state index contributed by atoms with van der Waals surface area (Å²) in [6.45, 7) is 3.44. The monoisotopic (exact) mass is 372 g/mol. The van der Waals surface area contributed by atoms with E-state index in [0.29, 0.717) is 25.7 Å². The van der Waals surface area contributed by atoms with Gasteiger partial charge in [0.1, 0.15) is 16.8 Å². The SMILES string of the molecule is CC(C)C(NS(=O)(=O)c1ccccc1F)C(=O)NC1CCC(O)CC1. The van der Waals surface area contributed by atoms with Crippen LogP contribution in [0.15, 0.2) is 29.2 Å². The van der Waals surface area contributed by atoms with Gasteiger partial charge in [0.2, 0.25) is 15.9 Å². The van der Waals surface area contributed by atoms with Crippen molar-refractivity contribution in [3.8, 4) is 0 Å². The molecule has 1 aromatic carbocycles. The lowest BCUT2D eigenvalue weighted by Gasteiger charge is -2.29. The molecule has 1 atom stereocenters. The highest BCUT2D eigenvalue weighted by molar-refractivity contribution is 7.89. The van der Waals surface area contributed by atoms with E-state index in [4.69, 9.17) is 0 Å². The summed E-state index contributed by atoms with van der Waals surface area (Å²) in [5.74, 6) is -1.61. The molecule has 1 amide bonds. The lowest BCUT2D eigenvalue weighted by Crippen LogP contribution is -2.52. The van der Waals surface area contributed by atoms with E-state index in [2.05, 4.69) is 10.0 Å². The van der Waals surface area contributed by atoms with Gasteiger partial charge in [-0.2, -0.15) is 4.72 Å². The predicted octanol–water partition coefficient (Wildman–Crippen LogP) is 1.55. The van der Waals surface area contributed by atoms with Crippen LogP contribution in [0.25, 0.3) is 0 Å². The summed E-state index contributed by atoms with van der Waals surface area (Å²) in [6, 6.07) is 3.96. The minimum Gasteiger partial charge on any atom is -0.393 e. The van der Waals surface area contributed by atoms with Crippen LogP contribution < -0.4 is 10.0 Å². The Morgan fingerprint density at radius 3 is 2.36 bits per heavy atom. The minimum absolute atomic E-state index is 0.0879. The lowest BCUT2D eigenvalue weighted by molar-refractivity contribution is -0.124. The molecule has 8 heteroatoms. The summed E-state index contributed by atoms with van der Waals surface area (Å²) in [6.07, 6.45) is 2.18. The van der Waals surface area contributed by atoms with Crippen LogP contribution in [0.3, 0.4) is 0 Å². The van der Waals surface area contributed by atoms with E-state index in [1.165, 1.54) is 12.1 Å². The summed E-state index contributed by atoms with van der Waals surface area (Å²) < 4.78 is 41.0. The molecule has 1 aliphatic carbocycles. The molecule has 6 nitrogen and oxygen atoms in total. The third-order valence-electron chi connectivity index (χ3n) is 4.40. The van der Waals surface area contributed by atoms with Gasteiger partial charge in [0.05, 0.1) is 6.10 Å². The summed E-state index contributed by atoms with van der Waals surface area (Å²) in [4.78, 5) is 12.1. The van der Waals surface area contributed by atoms with Crippen molar-refractivity contribution in [3.63, 3.8) is 0 Å². The Labute approximate surface area is 147 Å². The third-order valence-corrected chi connectivity index (χ3v) is 5.87. The highest BCUT2D eigenvalue weighted by atomic mass is 32.2. The van der Waals surface area contributed by atoms with Gasteiger partial charge in [-0.05, 0) is 43.7 Å². The van der Waals surface area contributed by atoms with Crippen LogP contribution in [0.1, 0.15) is 39.5 Å². The van der Waals surface area contributed by atoms with E-state index in [0.717, 1.165) is 12.1 Å². The number of hydrogen-bond acceptors (Lipinski definition) is 4. The zero-order valence-corrected chi connectivity index (χ0v) is 15.2. The topological polar surface area (TPSA) is 95.5 Å². The summed E-state index contributed by atoms with van der Waals surface area (Å²) in [5, 5.41) is 12.4. The number of aliphatic hydroxyl groups is 1. The summed E-state index contributed by atoms with van der Waals surface area (Å²) >= 11 is 0. The number of amides is 1. The van der Waals surface area contributed by atoms with Gasteiger partial charge in [-0.1, -0.05) is 26.0 Å². The highest BCUT2D eigenvalue weighted by Gasteiger charge is 2.31. The van der Waals surface area contributed by atoms with Gasteiger partial charge in [0.15, 0.2) is 0 Å². The number of carbonyl (C=O) groups is 1. The number of rotatable bonds is 6. The first-order valence-electron chi connectivity index (χ1n) is 8.46. The lowest BCUT2D eigenvalue weighted by atomic mass is 9.92. The van der Waals surface area contributed by atoms with E-state index in [1.807, 2.05) is 0 Å². The second-order valence-corrected chi connectivity index (χ2v) is 8.47. The molecule has 1 unspecified atom stereocenters. The number of hydrogen-bond donors (Lipinski definition) is 3. The molecule has 1 aliphatic rings. The molecule has 3 N–H and O–H groups in total. The Bertz CT molecular complexity index is 700. The zero-order valence-electron chi connectivity index (χ0n) is 14.4. The largest absolute Gasteiger partial charge is 0.393 e. The van der Waals surface area contributed by atoms with Crippen molar-refractivity contribution in [2.45, 2.75) is 62.6 Å². The first kappa shape index (κ1) is 19.8. The molecule has 1 fully saturated rings. The number of aliphatic hydroxyl groups excluding tert-OH is 1. The first-order chi connectivity index (χ1) is 11.7. The van der Waals surface area contributed by atoms with Crippen molar-refractivity contribution < 1.29 is 22.7 Å². The van der Waals surface area contributed by atoms with Gasteiger partial charge < -0.3 is 10.4 Å². The van der Waals surface area contributed by atoms with Gasteiger partial charge >= 0.3 is 0 Å². The van der Waals surface area contributed by atoms with E-state index in [9.17, 15) is 22.7 Å². The number of carbonyl (C=O) groups excluding carboxylic acids is 1. The Hall–Kier alpha value is -1.51. The molecular formula is C17H25FN2O4S. The van der Waals surface area contributed by atoms with Crippen LogP contribution in [0.4, 0.5) is 4.39 Å². The highest BCUT2D eigenvalue weighted by Crippen LogP contribution is 2.19. The molecule has 1 aromatic rings. The quantitative estimate of drug-likeness (QED) is 0.706. The molecule has 25 heavy (non-hydrogen) atoms. The second kappa shape index (κ2) is 8.25. The molecule has 0 saturated heterocycles. The van der Waals surface area contributed by atoms with Gasteiger partial charge in [-0.15, -0.1) is 0 Å². The average molecular weight is 372 g/mol. The molecule has 0 aromatic heterocycles. The maximum atomic E-state index is 13.8. The standard InChI is InChI=1S/C17H25FN2O4S/c1-11(2)16(17(22)19-12-7-9-13(21)10-8-12)20-25(23,24)15-6-4-3-5-14(15)18/h3-6,11-13,16,20-21H,7-10H2,1-2H3,(H,19,22). The first-order valence-corrected chi connectivity index (χ1v) is 9.94. The van der Waals surface area contributed by atoms with Crippen LogP contribution in [-0.4, -0.2) is 37.6 Å². The fraction of sp³-hybridized carbons (Fsp3) is 0.588. The minimum atomic E-state index is -4.16. The Balaban J connectivity index is 2.10. The second-order valence-electron chi connectivity index (χ2n) is 6.79. The molecule has 0 heterocycles. The van der Waals surface area contributed by atoms with Crippen molar-refractivity contribution in [3.05, 3.63) is 30.1 Å². The van der Waals surface area contributed by atoms with Gasteiger partial charge in [0.25, 0.3) is 0 Å². The molecular weight excluding hydrogens is 347 g/mol. The van der Waals surface area contributed by atoms with E-state index < -0.39 is 32.7 Å². The number of sulfonamides is 1. The molecule has 1 saturated carbocycles.